The Balaban J connectivity index is 2.85. The third-order valence-corrected chi connectivity index (χ3v) is 4.70. The molecule has 0 aromatic heterocycles. The van der Waals surface area contributed by atoms with Crippen molar-refractivity contribution in [1.29, 1.82) is 0 Å². The van der Waals surface area contributed by atoms with Gasteiger partial charge in [0.2, 0.25) is 0 Å². The molecule has 5 heteroatoms. The largest absolute Gasteiger partial charge is 0.401 e. The van der Waals surface area contributed by atoms with E-state index in [0.717, 1.165) is 19.3 Å². The van der Waals surface area contributed by atoms with E-state index in [9.17, 15) is 13.2 Å². The van der Waals surface area contributed by atoms with E-state index < -0.39 is 12.7 Å². The topological polar surface area (TPSA) is 15.3 Å². The van der Waals surface area contributed by atoms with E-state index in [0.29, 0.717) is 13.1 Å². The van der Waals surface area contributed by atoms with Crippen molar-refractivity contribution in [3.05, 3.63) is 0 Å². The van der Waals surface area contributed by atoms with Gasteiger partial charge in [-0.05, 0) is 18.8 Å². The zero-order valence-corrected chi connectivity index (χ0v) is 12.5. The number of hydrogen-bond acceptors (Lipinski definition) is 2. The molecule has 1 fully saturated rings. The van der Waals surface area contributed by atoms with Crippen molar-refractivity contribution < 1.29 is 13.2 Å². The fourth-order valence-electron chi connectivity index (χ4n) is 2.97. The highest BCUT2D eigenvalue weighted by molar-refractivity contribution is 4.98. The summed E-state index contributed by atoms with van der Waals surface area (Å²) in [5.41, 5.74) is -0.158. The zero-order valence-electron chi connectivity index (χ0n) is 12.5. The second kappa shape index (κ2) is 6.44. The molecule has 0 radical (unpaired) electrons. The van der Waals surface area contributed by atoms with Gasteiger partial charge in [0, 0.05) is 24.7 Å². The van der Waals surface area contributed by atoms with Crippen molar-refractivity contribution >= 4 is 0 Å². The Morgan fingerprint density at radius 3 is 2.26 bits per heavy atom. The lowest BCUT2D eigenvalue weighted by Crippen LogP contribution is -2.66. The Morgan fingerprint density at radius 1 is 1.26 bits per heavy atom. The summed E-state index contributed by atoms with van der Waals surface area (Å²) in [6.07, 6.45) is -1.47. The van der Waals surface area contributed by atoms with Crippen LogP contribution in [-0.2, 0) is 0 Å². The normalized spacial score (nSPS) is 26.4. The van der Waals surface area contributed by atoms with Crippen molar-refractivity contribution in [3.63, 3.8) is 0 Å². The number of alkyl halides is 3. The zero-order chi connectivity index (χ0) is 14.7. The summed E-state index contributed by atoms with van der Waals surface area (Å²) in [4.78, 5) is 1.65. The summed E-state index contributed by atoms with van der Waals surface area (Å²) in [7, 11) is 0. The van der Waals surface area contributed by atoms with Crippen LogP contribution in [0.2, 0.25) is 0 Å². The van der Waals surface area contributed by atoms with Crippen LogP contribution in [0.1, 0.15) is 47.0 Å². The van der Waals surface area contributed by atoms with Crippen LogP contribution in [0.5, 0.6) is 0 Å². The van der Waals surface area contributed by atoms with E-state index in [2.05, 4.69) is 5.32 Å². The lowest BCUT2D eigenvalue weighted by atomic mass is 9.85. The third kappa shape index (κ3) is 4.35. The van der Waals surface area contributed by atoms with E-state index in [1.807, 2.05) is 27.7 Å². The second-order valence-corrected chi connectivity index (χ2v) is 5.84. The fourth-order valence-corrected chi connectivity index (χ4v) is 2.97. The van der Waals surface area contributed by atoms with E-state index in [1.54, 1.807) is 4.90 Å². The molecule has 0 aromatic carbocycles. The molecule has 114 valence electrons. The first-order valence-electron chi connectivity index (χ1n) is 7.32. The number of nitrogens with one attached hydrogen (secondary N) is 1. The predicted molar refractivity (Wildman–Crippen MR) is 72.2 cm³/mol. The lowest BCUT2D eigenvalue weighted by Gasteiger charge is -2.49. The molecule has 1 heterocycles. The predicted octanol–water partition coefficient (Wildman–Crippen LogP) is 3.43. The van der Waals surface area contributed by atoms with Gasteiger partial charge in [-0.3, -0.25) is 4.90 Å². The Hall–Kier alpha value is -0.290. The molecular formula is C14H27F3N2. The number of halogens is 3. The minimum absolute atomic E-state index is 0.0159. The molecule has 1 saturated heterocycles. The smallest absolute Gasteiger partial charge is 0.308 e. The monoisotopic (exact) mass is 280 g/mol. The summed E-state index contributed by atoms with van der Waals surface area (Å²) in [5.74, 6) is 0.279. The number of hydrogen-bond donors (Lipinski definition) is 1. The van der Waals surface area contributed by atoms with E-state index in [4.69, 9.17) is 0 Å². The van der Waals surface area contributed by atoms with Gasteiger partial charge in [-0.25, -0.2) is 0 Å². The first-order chi connectivity index (χ1) is 8.77. The highest BCUT2D eigenvalue weighted by Gasteiger charge is 2.42. The van der Waals surface area contributed by atoms with Crippen LogP contribution in [0.25, 0.3) is 0 Å². The molecule has 1 rings (SSSR count). The van der Waals surface area contributed by atoms with Crippen molar-refractivity contribution in [1.82, 2.24) is 10.2 Å². The van der Waals surface area contributed by atoms with Crippen LogP contribution in [0.4, 0.5) is 13.2 Å². The average molecular weight is 280 g/mol. The third-order valence-electron chi connectivity index (χ3n) is 4.70. The highest BCUT2D eigenvalue weighted by Crippen LogP contribution is 2.29. The molecule has 0 aliphatic carbocycles. The van der Waals surface area contributed by atoms with Crippen molar-refractivity contribution in [2.24, 2.45) is 5.92 Å². The van der Waals surface area contributed by atoms with Gasteiger partial charge in [-0.2, -0.15) is 13.2 Å². The van der Waals surface area contributed by atoms with Crippen molar-refractivity contribution in [2.45, 2.75) is 64.7 Å². The van der Waals surface area contributed by atoms with Gasteiger partial charge in [-0.1, -0.05) is 34.1 Å². The van der Waals surface area contributed by atoms with Gasteiger partial charge < -0.3 is 5.32 Å². The number of nitrogens with zero attached hydrogens (tertiary/aromatic N) is 1. The number of piperazine rings is 1. The minimum Gasteiger partial charge on any atom is -0.308 e. The molecule has 1 aliphatic rings. The summed E-state index contributed by atoms with van der Waals surface area (Å²) in [6, 6.07) is -0.0159. The van der Waals surface area contributed by atoms with Crippen LogP contribution in [0, 0.1) is 5.92 Å². The molecule has 0 bridgehead atoms. The molecule has 0 saturated carbocycles. The molecule has 2 nitrogen and oxygen atoms in total. The standard InChI is InChI=1S/C14H27F3N2/c1-5-11(4)12-8-18-13(6-2,7-3)9-19(12)10-14(15,16)17/h11-12,18H,5-10H2,1-4H3. The molecule has 0 spiro atoms. The molecule has 19 heavy (non-hydrogen) atoms. The molecule has 0 amide bonds. The maximum atomic E-state index is 12.8. The Kier molecular flexibility index (Phi) is 5.68. The highest BCUT2D eigenvalue weighted by atomic mass is 19.4. The Labute approximate surface area is 114 Å². The molecular weight excluding hydrogens is 253 g/mol. The van der Waals surface area contributed by atoms with Crippen LogP contribution >= 0.6 is 0 Å². The van der Waals surface area contributed by atoms with Crippen LogP contribution < -0.4 is 5.32 Å². The summed E-state index contributed by atoms with van der Waals surface area (Å²) in [6.45, 7) is 8.54. The summed E-state index contributed by atoms with van der Waals surface area (Å²) >= 11 is 0. The first kappa shape index (κ1) is 16.8. The van der Waals surface area contributed by atoms with Gasteiger partial charge in [0.05, 0.1) is 6.54 Å². The van der Waals surface area contributed by atoms with Crippen LogP contribution in [0.3, 0.4) is 0 Å². The number of rotatable bonds is 5. The average Bonchev–Trinajstić information content (AvgIpc) is 2.35. The maximum absolute atomic E-state index is 12.8. The van der Waals surface area contributed by atoms with E-state index in [-0.39, 0.29) is 17.5 Å². The maximum Gasteiger partial charge on any atom is 0.401 e. The molecule has 2 atom stereocenters. The molecule has 0 aromatic rings. The lowest BCUT2D eigenvalue weighted by molar-refractivity contribution is -0.159. The van der Waals surface area contributed by atoms with Gasteiger partial charge in [0.15, 0.2) is 0 Å². The van der Waals surface area contributed by atoms with E-state index in [1.165, 1.54) is 0 Å². The quantitative estimate of drug-likeness (QED) is 0.830. The van der Waals surface area contributed by atoms with Gasteiger partial charge >= 0.3 is 6.18 Å². The summed E-state index contributed by atoms with van der Waals surface area (Å²) in [5, 5.41) is 3.50. The molecule has 2 unspecified atom stereocenters. The second-order valence-electron chi connectivity index (χ2n) is 5.84. The Bertz CT molecular complexity index is 274. The SMILES string of the molecule is CCC(C)C1CNC(CC)(CC)CN1CC(F)(F)F. The minimum atomic E-state index is -4.11. The molecule has 1 aliphatic heterocycles. The van der Waals surface area contributed by atoms with Crippen molar-refractivity contribution in [3.8, 4) is 0 Å². The fraction of sp³-hybridized carbons (Fsp3) is 1.00. The van der Waals surface area contributed by atoms with Gasteiger partial charge in [-0.15, -0.1) is 0 Å². The van der Waals surface area contributed by atoms with Crippen molar-refractivity contribution in [2.75, 3.05) is 19.6 Å². The van der Waals surface area contributed by atoms with Crippen LogP contribution in [0.15, 0.2) is 0 Å². The first-order valence-corrected chi connectivity index (χ1v) is 7.32. The molecule has 1 N–H and O–H groups in total. The Morgan fingerprint density at radius 2 is 1.84 bits per heavy atom. The van der Waals surface area contributed by atoms with Gasteiger partial charge in [0.25, 0.3) is 0 Å². The van der Waals surface area contributed by atoms with Crippen LogP contribution in [-0.4, -0.2) is 42.3 Å². The summed E-state index contributed by atoms with van der Waals surface area (Å²) < 4.78 is 38.3. The van der Waals surface area contributed by atoms with Gasteiger partial charge in [0.1, 0.15) is 0 Å². The van der Waals surface area contributed by atoms with E-state index >= 15 is 0 Å².